The first kappa shape index (κ1) is 12.5. The highest BCUT2D eigenvalue weighted by Crippen LogP contribution is 2.23. The number of nitrogens with zero attached hydrogens (tertiary/aromatic N) is 2. The van der Waals surface area contributed by atoms with Gasteiger partial charge in [0, 0.05) is 19.8 Å². The third kappa shape index (κ3) is 3.19. The van der Waals surface area contributed by atoms with Crippen LogP contribution in [0.15, 0.2) is 6.20 Å². The standard InChI is InChI=1S/C10H18ClN3O/c1-3-14-10(8(11)7-13-14)9(12)5-6-15-4-2/h7,9H,3-6,12H2,1-2H3. The first-order chi connectivity index (χ1) is 7.20. The summed E-state index contributed by atoms with van der Waals surface area (Å²) in [5.74, 6) is 0. The summed E-state index contributed by atoms with van der Waals surface area (Å²) in [6.45, 7) is 6.14. The molecule has 0 amide bonds. The average Bonchev–Trinajstić information content (AvgIpc) is 2.59. The summed E-state index contributed by atoms with van der Waals surface area (Å²) in [5.41, 5.74) is 6.93. The van der Waals surface area contributed by atoms with Gasteiger partial charge < -0.3 is 10.5 Å². The molecule has 1 unspecified atom stereocenters. The second-order valence-electron chi connectivity index (χ2n) is 3.29. The Morgan fingerprint density at radius 2 is 2.33 bits per heavy atom. The molecule has 1 aromatic heterocycles. The molecule has 0 aliphatic carbocycles. The van der Waals surface area contributed by atoms with Crippen molar-refractivity contribution in [2.24, 2.45) is 5.73 Å². The SMILES string of the molecule is CCOCCC(N)c1c(Cl)cnn1CC. The first-order valence-electron chi connectivity index (χ1n) is 5.25. The smallest absolute Gasteiger partial charge is 0.0834 e. The Labute approximate surface area is 95.3 Å². The van der Waals surface area contributed by atoms with E-state index in [-0.39, 0.29) is 6.04 Å². The zero-order chi connectivity index (χ0) is 11.3. The van der Waals surface area contributed by atoms with Crippen LogP contribution in [0.2, 0.25) is 5.02 Å². The number of aryl methyl sites for hydroxylation is 1. The molecule has 2 N–H and O–H groups in total. The van der Waals surface area contributed by atoms with Crippen molar-refractivity contribution < 1.29 is 4.74 Å². The molecule has 86 valence electrons. The van der Waals surface area contributed by atoms with E-state index in [2.05, 4.69) is 5.10 Å². The normalized spacial score (nSPS) is 13.1. The van der Waals surface area contributed by atoms with Crippen molar-refractivity contribution in [3.8, 4) is 0 Å². The fraction of sp³-hybridized carbons (Fsp3) is 0.700. The number of rotatable bonds is 6. The summed E-state index contributed by atoms with van der Waals surface area (Å²) >= 11 is 6.03. The van der Waals surface area contributed by atoms with Gasteiger partial charge in [-0.15, -0.1) is 0 Å². The summed E-state index contributed by atoms with van der Waals surface area (Å²) in [7, 11) is 0. The van der Waals surface area contributed by atoms with Crippen LogP contribution >= 0.6 is 11.6 Å². The van der Waals surface area contributed by atoms with Crippen LogP contribution in [-0.4, -0.2) is 23.0 Å². The van der Waals surface area contributed by atoms with E-state index in [1.807, 2.05) is 18.5 Å². The highest BCUT2D eigenvalue weighted by molar-refractivity contribution is 6.31. The van der Waals surface area contributed by atoms with Crippen LogP contribution in [0.5, 0.6) is 0 Å². The van der Waals surface area contributed by atoms with Gasteiger partial charge in [-0.25, -0.2) is 0 Å². The molecule has 1 atom stereocenters. The summed E-state index contributed by atoms with van der Waals surface area (Å²) in [6.07, 6.45) is 2.40. The number of ether oxygens (including phenoxy) is 1. The lowest BCUT2D eigenvalue weighted by atomic mass is 10.1. The maximum absolute atomic E-state index is 6.03. The number of hydrogen-bond donors (Lipinski definition) is 1. The zero-order valence-corrected chi connectivity index (χ0v) is 10.00. The Hall–Kier alpha value is -0.580. The van der Waals surface area contributed by atoms with Gasteiger partial charge in [-0.05, 0) is 20.3 Å². The van der Waals surface area contributed by atoms with E-state index in [0.29, 0.717) is 18.2 Å². The van der Waals surface area contributed by atoms with Gasteiger partial charge in [-0.2, -0.15) is 5.10 Å². The number of nitrogens with two attached hydrogens (primary N) is 1. The summed E-state index contributed by atoms with van der Waals surface area (Å²) in [4.78, 5) is 0. The second kappa shape index (κ2) is 6.10. The van der Waals surface area contributed by atoms with E-state index >= 15 is 0 Å². The Morgan fingerprint density at radius 1 is 1.60 bits per heavy atom. The molecule has 1 aromatic rings. The summed E-state index contributed by atoms with van der Waals surface area (Å²) in [5, 5.41) is 4.79. The van der Waals surface area contributed by atoms with Crippen molar-refractivity contribution in [3.05, 3.63) is 16.9 Å². The van der Waals surface area contributed by atoms with E-state index in [4.69, 9.17) is 22.1 Å². The van der Waals surface area contributed by atoms with Gasteiger partial charge >= 0.3 is 0 Å². The second-order valence-corrected chi connectivity index (χ2v) is 3.69. The minimum atomic E-state index is -0.105. The lowest BCUT2D eigenvalue weighted by Gasteiger charge is -2.13. The molecule has 0 aliphatic heterocycles. The number of hydrogen-bond acceptors (Lipinski definition) is 3. The minimum absolute atomic E-state index is 0.105. The molecule has 0 saturated carbocycles. The van der Waals surface area contributed by atoms with E-state index < -0.39 is 0 Å². The maximum atomic E-state index is 6.03. The van der Waals surface area contributed by atoms with Crippen LogP contribution in [0.4, 0.5) is 0 Å². The zero-order valence-electron chi connectivity index (χ0n) is 9.24. The predicted octanol–water partition coefficient (Wildman–Crippen LogP) is 1.98. The van der Waals surface area contributed by atoms with E-state index in [1.165, 1.54) is 0 Å². The van der Waals surface area contributed by atoms with Crippen molar-refractivity contribution in [1.82, 2.24) is 9.78 Å². The summed E-state index contributed by atoms with van der Waals surface area (Å²) in [6, 6.07) is -0.105. The van der Waals surface area contributed by atoms with Crippen molar-refractivity contribution in [2.45, 2.75) is 32.9 Å². The van der Waals surface area contributed by atoms with Gasteiger partial charge in [0.25, 0.3) is 0 Å². The first-order valence-corrected chi connectivity index (χ1v) is 5.63. The average molecular weight is 232 g/mol. The van der Waals surface area contributed by atoms with Crippen molar-refractivity contribution in [2.75, 3.05) is 13.2 Å². The summed E-state index contributed by atoms with van der Waals surface area (Å²) < 4.78 is 7.10. The van der Waals surface area contributed by atoms with E-state index in [1.54, 1.807) is 6.20 Å². The fourth-order valence-corrected chi connectivity index (χ4v) is 1.77. The number of halogens is 1. The van der Waals surface area contributed by atoms with Crippen LogP contribution in [0, 0.1) is 0 Å². The van der Waals surface area contributed by atoms with Crippen LogP contribution in [0.25, 0.3) is 0 Å². The maximum Gasteiger partial charge on any atom is 0.0834 e. The van der Waals surface area contributed by atoms with Crippen LogP contribution < -0.4 is 5.73 Å². The number of aromatic nitrogens is 2. The Kier molecular flexibility index (Phi) is 5.08. The molecular weight excluding hydrogens is 214 g/mol. The van der Waals surface area contributed by atoms with Crippen molar-refractivity contribution in [1.29, 1.82) is 0 Å². The molecular formula is C10H18ClN3O. The van der Waals surface area contributed by atoms with Gasteiger partial charge in [0.05, 0.1) is 23.0 Å². The van der Waals surface area contributed by atoms with E-state index in [9.17, 15) is 0 Å². The Morgan fingerprint density at radius 3 is 2.93 bits per heavy atom. The molecule has 0 spiro atoms. The molecule has 4 nitrogen and oxygen atoms in total. The van der Waals surface area contributed by atoms with Gasteiger partial charge in [0.2, 0.25) is 0 Å². The van der Waals surface area contributed by atoms with Gasteiger partial charge in [0.15, 0.2) is 0 Å². The van der Waals surface area contributed by atoms with Gasteiger partial charge in [-0.3, -0.25) is 4.68 Å². The lowest BCUT2D eigenvalue weighted by molar-refractivity contribution is 0.139. The topological polar surface area (TPSA) is 53.1 Å². The van der Waals surface area contributed by atoms with Crippen LogP contribution in [-0.2, 0) is 11.3 Å². The fourth-order valence-electron chi connectivity index (χ4n) is 1.48. The minimum Gasteiger partial charge on any atom is -0.382 e. The van der Waals surface area contributed by atoms with Crippen molar-refractivity contribution in [3.63, 3.8) is 0 Å². The van der Waals surface area contributed by atoms with E-state index in [0.717, 1.165) is 18.7 Å². The molecule has 15 heavy (non-hydrogen) atoms. The van der Waals surface area contributed by atoms with Crippen LogP contribution in [0.1, 0.15) is 32.0 Å². The predicted molar refractivity (Wildman–Crippen MR) is 60.9 cm³/mol. The Balaban J connectivity index is 2.63. The molecule has 0 aromatic carbocycles. The molecule has 5 heteroatoms. The third-order valence-corrected chi connectivity index (χ3v) is 2.55. The highest BCUT2D eigenvalue weighted by atomic mass is 35.5. The molecule has 1 heterocycles. The molecule has 1 rings (SSSR count). The quantitative estimate of drug-likeness (QED) is 0.762. The molecule has 0 fully saturated rings. The third-order valence-electron chi connectivity index (χ3n) is 2.26. The monoisotopic (exact) mass is 231 g/mol. The molecule has 0 bridgehead atoms. The molecule has 0 aliphatic rings. The van der Waals surface area contributed by atoms with Gasteiger partial charge in [-0.1, -0.05) is 11.6 Å². The highest BCUT2D eigenvalue weighted by Gasteiger charge is 2.15. The molecule has 0 saturated heterocycles. The Bertz CT molecular complexity index is 301. The lowest BCUT2D eigenvalue weighted by Crippen LogP contribution is -2.18. The van der Waals surface area contributed by atoms with Gasteiger partial charge in [0.1, 0.15) is 0 Å². The molecule has 0 radical (unpaired) electrons. The van der Waals surface area contributed by atoms with Crippen molar-refractivity contribution >= 4 is 11.6 Å². The van der Waals surface area contributed by atoms with Crippen LogP contribution in [0.3, 0.4) is 0 Å². The largest absolute Gasteiger partial charge is 0.382 e.